The molecule has 5 heteroatoms. The monoisotopic (exact) mass is 291 g/mol. The van der Waals surface area contributed by atoms with Crippen LogP contribution in [0.5, 0.6) is 5.75 Å². The van der Waals surface area contributed by atoms with E-state index in [1.54, 1.807) is 11.0 Å². The van der Waals surface area contributed by atoms with Crippen LogP contribution in [0.4, 0.5) is 0 Å². The molecule has 0 spiro atoms. The molecule has 1 fully saturated rings. The Bertz CT molecular complexity index is 519. The van der Waals surface area contributed by atoms with Crippen LogP contribution in [0.25, 0.3) is 0 Å². The van der Waals surface area contributed by atoms with Crippen molar-refractivity contribution in [3.8, 4) is 5.75 Å². The van der Waals surface area contributed by atoms with Crippen molar-refractivity contribution < 1.29 is 19.4 Å². The summed E-state index contributed by atoms with van der Waals surface area (Å²) >= 11 is 0. The molecule has 1 aliphatic heterocycles. The van der Waals surface area contributed by atoms with Crippen molar-refractivity contribution in [3.63, 3.8) is 0 Å². The Hall–Kier alpha value is -2.04. The van der Waals surface area contributed by atoms with Gasteiger partial charge < -0.3 is 14.7 Å². The molecular formula is C16H21NO4. The van der Waals surface area contributed by atoms with Gasteiger partial charge in [0.15, 0.2) is 6.61 Å². The van der Waals surface area contributed by atoms with E-state index in [4.69, 9.17) is 4.74 Å². The second-order valence-electron chi connectivity index (χ2n) is 5.87. The van der Waals surface area contributed by atoms with Gasteiger partial charge in [0.25, 0.3) is 5.91 Å². The molecule has 1 aromatic rings. The summed E-state index contributed by atoms with van der Waals surface area (Å²) in [5.41, 5.74) is 0.239. The van der Waals surface area contributed by atoms with Gasteiger partial charge in [0.2, 0.25) is 0 Å². The number of rotatable bonds is 3. The Morgan fingerprint density at radius 2 is 1.95 bits per heavy atom. The van der Waals surface area contributed by atoms with Crippen molar-refractivity contribution >= 4 is 11.9 Å². The summed E-state index contributed by atoms with van der Waals surface area (Å²) in [6, 6.07) is 5.88. The smallest absolute Gasteiger partial charge is 0.338 e. The minimum atomic E-state index is -0.600. The van der Waals surface area contributed by atoms with Crippen LogP contribution in [0.15, 0.2) is 24.3 Å². The van der Waals surface area contributed by atoms with Crippen molar-refractivity contribution in [2.45, 2.75) is 20.3 Å². The fourth-order valence-electron chi connectivity index (χ4n) is 2.80. The van der Waals surface area contributed by atoms with E-state index >= 15 is 0 Å². The van der Waals surface area contributed by atoms with Crippen LogP contribution in [-0.4, -0.2) is 41.6 Å². The average molecular weight is 291 g/mol. The molecule has 0 aliphatic carbocycles. The van der Waals surface area contributed by atoms with Gasteiger partial charge in [-0.05, 0) is 36.5 Å². The van der Waals surface area contributed by atoms with Crippen LogP contribution in [0.2, 0.25) is 0 Å². The van der Waals surface area contributed by atoms with Crippen molar-refractivity contribution in [1.82, 2.24) is 4.90 Å². The van der Waals surface area contributed by atoms with Crippen LogP contribution in [0, 0.1) is 11.8 Å². The van der Waals surface area contributed by atoms with Crippen molar-refractivity contribution in [1.29, 1.82) is 0 Å². The normalized spacial score (nSPS) is 21.9. The van der Waals surface area contributed by atoms with E-state index in [9.17, 15) is 14.7 Å². The number of nitrogens with zero attached hydrogens (tertiary/aromatic N) is 1. The third-order valence-corrected chi connectivity index (χ3v) is 3.63. The Morgan fingerprint density at radius 3 is 2.57 bits per heavy atom. The molecule has 0 aromatic heterocycles. The van der Waals surface area contributed by atoms with Crippen LogP contribution >= 0.6 is 0 Å². The number of carbonyl (C=O) groups excluding carboxylic acids is 2. The zero-order valence-corrected chi connectivity index (χ0v) is 12.4. The molecule has 114 valence electrons. The fourth-order valence-corrected chi connectivity index (χ4v) is 2.80. The van der Waals surface area contributed by atoms with Gasteiger partial charge in [0, 0.05) is 13.1 Å². The van der Waals surface area contributed by atoms with E-state index in [2.05, 4.69) is 13.8 Å². The summed E-state index contributed by atoms with van der Waals surface area (Å²) in [4.78, 5) is 25.7. The van der Waals surface area contributed by atoms with E-state index in [-0.39, 0.29) is 23.8 Å². The number of hydrogen-bond acceptors (Lipinski definition) is 4. The zero-order chi connectivity index (χ0) is 15.4. The van der Waals surface area contributed by atoms with Crippen molar-refractivity contribution in [2.75, 3.05) is 19.7 Å². The summed E-state index contributed by atoms with van der Waals surface area (Å²) < 4.78 is 5.03. The topological polar surface area (TPSA) is 66.8 Å². The number of benzene rings is 1. The van der Waals surface area contributed by atoms with Crippen molar-refractivity contribution in [3.05, 3.63) is 29.8 Å². The third-order valence-electron chi connectivity index (χ3n) is 3.63. The highest BCUT2D eigenvalue weighted by molar-refractivity contribution is 5.91. The van der Waals surface area contributed by atoms with Gasteiger partial charge in [0.05, 0.1) is 5.56 Å². The first-order valence-corrected chi connectivity index (χ1v) is 7.19. The summed E-state index contributed by atoms with van der Waals surface area (Å²) in [6.07, 6.45) is 1.12. The van der Waals surface area contributed by atoms with E-state index < -0.39 is 5.97 Å². The summed E-state index contributed by atoms with van der Waals surface area (Å²) in [6.45, 7) is 5.41. The number of aromatic hydroxyl groups is 1. The molecule has 2 atom stereocenters. The Balaban J connectivity index is 1.87. The van der Waals surface area contributed by atoms with Crippen LogP contribution in [0.1, 0.15) is 30.6 Å². The van der Waals surface area contributed by atoms with Crippen molar-refractivity contribution in [2.24, 2.45) is 11.8 Å². The molecule has 0 saturated carbocycles. The number of phenols is 1. The number of likely N-dealkylation sites (tertiary alicyclic amines) is 1. The van der Waals surface area contributed by atoms with Crippen LogP contribution in [-0.2, 0) is 9.53 Å². The first-order chi connectivity index (χ1) is 9.95. The molecule has 1 aliphatic rings. The maximum absolute atomic E-state index is 12.1. The molecule has 1 heterocycles. The molecule has 1 amide bonds. The first-order valence-electron chi connectivity index (χ1n) is 7.19. The molecule has 5 nitrogen and oxygen atoms in total. The SMILES string of the molecule is CC1CC(C)CN(C(=O)COC(=O)c2cccc(O)c2)C1. The van der Waals surface area contributed by atoms with Gasteiger partial charge in [-0.3, -0.25) is 4.79 Å². The Labute approximate surface area is 124 Å². The number of hydrogen-bond donors (Lipinski definition) is 1. The maximum atomic E-state index is 12.1. The Morgan fingerprint density at radius 1 is 1.29 bits per heavy atom. The van der Waals surface area contributed by atoms with Gasteiger partial charge in [-0.2, -0.15) is 0 Å². The molecule has 0 bridgehead atoms. The second kappa shape index (κ2) is 6.61. The molecule has 21 heavy (non-hydrogen) atoms. The predicted octanol–water partition coefficient (Wildman–Crippen LogP) is 2.05. The lowest BCUT2D eigenvalue weighted by molar-refractivity contribution is -0.137. The van der Waals surface area contributed by atoms with E-state index in [0.717, 1.165) is 6.42 Å². The first kappa shape index (κ1) is 15.4. The average Bonchev–Trinajstić information content (AvgIpc) is 2.43. The number of piperidine rings is 1. The number of phenolic OH excluding ortho intramolecular Hbond substituents is 1. The zero-order valence-electron chi connectivity index (χ0n) is 12.4. The lowest BCUT2D eigenvalue weighted by Gasteiger charge is -2.34. The van der Waals surface area contributed by atoms with Gasteiger partial charge in [-0.25, -0.2) is 4.79 Å². The quantitative estimate of drug-likeness (QED) is 0.866. The summed E-state index contributed by atoms with van der Waals surface area (Å²) in [5.74, 6) is 0.174. The lowest BCUT2D eigenvalue weighted by atomic mass is 9.92. The lowest BCUT2D eigenvalue weighted by Crippen LogP contribution is -2.44. The molecular weight excluding hydrogens is 270 g/mol. The van der Waals surface area contributed by atoms with E-state index in [1.165, 1.54) is 18.2 Å². The van der Waals surface area contributed by atoms with Gasteiger partial charge in [0.1, 0.15) is 5.75 Å². The van der Waals surface area contributed by atoms with Gasteiger partial charge >= 0.3 is 5.97 Å². The molecule has 1 N–H and O–H groups in total. The highest BCUT2D eigenvalue weighted by Gasteiger charge is 2.26. The van der Waals surface area contributed by atoms with Crippen LogP contribution in [0.3, 0.4) is 0 Å². The highest BCUT2D eigenvalue weighted by atomic mass is 16.5. The molecule has 2 unspecified atom stereocenters. The van der Waals surface area contributed by atoms with E-state index in [1.807, 2.05) is 0 Å². The number of carbonyl (C=O) groups is 2. The molecule has 2 rings (SSSR count). The number of amides is 1. The molecule has 1 aromatic carbocycles. The Kier molecular flexibility index (Phi) is 4.83. The predicted molar refractivity (Wildman–Crippen MR) is 77.9 cm³/mol. The second-order valence-corrected chi connectivity index (χ2v) is 5.87. The largest absolute Gasteiger partial charge is 0.508 e. The maximum Gasteiger partial charge on any atom is 0.338 e. The number of esters is 1. The number of ether oxygens (including phenoxy) is 1. The minimum absolute atomic E-state index is 0.00513. The summed E-state index contributed by atoms with van der Waals surface area (Å²) in [5, 5.41) is 9.32. The standard InChI is InChI=1S/C16H21NO4/c1-11-6-12(2)9-17(8-11)15(19)10-21-16(20)13-4-3-5-14(18)7-13/h3-5,7,11-12,18H,6,8-10H2,1-2H3. The third kappa shape index (κ3) is 4.21. The van der Waals surface area contributed by atoms with Crippen LogP contribution < -0.4 is 0 Å². The highest BCUT2D eigenvalue weighted by Crippen LogP contribution is 2.21. The van der Waals surface area contributed by atoms with E-state index in [0.29, 0.717) is 24.9 Å². The minimum Gasteiger partial charge on any atom is -0.508 e. The summed E-state index contributed by atoms with van der Waals surface area (Å²) in [7, 11) is 0. The van der Waals surface area contributed by atoms with Gasteiger partial charge in [-0.1, -0.05) is 19.9 Å². The molecule has 1 saturated heterocycles. The van der Waals surface area contributed by atoms with Gasteiger partial charge in [-0.15, -0.1) is 0 Å². The molecule has 0 radical (unpaired) electrons. The fraction of sp³-hybridized carbons (Fsp3) is 0.500.